The number of rotatable bonds is 3. The number of nitrogens with two attached hydrogens (primary N) is 1. The summed E-state index contributed by atoms with van der Waals surface area (Å²) < 4.78 is 20.6. The third-order valence-corrected chi connectivity index (χ3v) is 3.11. The Kier molecular flexibility index (Phi) is 3.12. The van der Waals surface area contributed by atoms with Gasteiger partial charge in [0.15, 0.2) is 5.76 Å². The van der Waals surface area contributed by atoms with Gasteiger partial charge in [0.25, 0.3) is 0 Å². The molecule has 0 aliphatic carbocycles. The molecule has 2 rings (SSSR count). The molecule has 1 unspecified atom stereocenters. The lowest BCUT2D eigenvalue weighted by molar-refractivity contribution is 0.188. The Bertz CT molecular complexity index is 471. The van der Waals surface area contributed by atoms with E-state index in [1.54, 1.807) is 30.3 Å². The van der Waals surface area contributed by atoms with Crippen LogP contribution in [-0.2, 0) is 5.67 Å². The zero-order chi connectivity index (χ0) is 11.6. The normalized spacial score (nSPS) is 14.7. The number of benzene rings is 1. The fourth-order valence-corrected chi connectivity index (χ4v) is 2.14. The Labute approximate surface area is 101 Å². The van der Waals surface area contributed by atoms with Crippen LogP contribution in [0.5, 0.6) is 0 Å². The first-order valence-electron chi connectivity index (χ1n) is 4.86. The summed E-state index contributed by atoms with van der Waals surface area (Å²) in [5, 5.41) is 0. The van der Waals surface area contributed by atoms with Gasteiger partial charge in [-0.05, 0) is 27.6 Å². The average Bonchev–Trinajstić information content (AvgIpc) is 2.76. The summed E-state index contributed by atoms with van der Waals surface area (Å²) in [5.41, 5.74) is 4.25. The highest BCUT2D eigenvalue weighted by molar-refractivity contribution is 9.10. The number of hydrogen-bond donors (Lipinski definition) is 1. The zero-order valence-corrected chi connectivity index (χ0v) is 10.1. The second-order valence-corrected chi connectivity index (χ2v) is 4.32. The second kappa shape index (κ2) is 4.39. The SMILES string of the molecule is NCC(F)(c1ccccc1)c1occc1Br. The molecule has 1 aromatic carbocycles. The van der Waals surface area contributed by atoms with Gasteiger partial charge < -0.3 is 10.2 Å². The number of furan rings is 1. The van der Waals surface area contributed by atoms with E-state index in [0.29, 0.717) is 10.0 Å². The maximum absolute atomic E-state index is 14.8. The topological polar surface area (TPSA) is 39.2 Å². The van der Waals surface area contributed by atoms with Gasteiger partial charge in [0, 0.05) is 6.54 Å². The molecule has 1 atom stereocenters. The fourth-order valence-electron chi connectivity index (χ4n) is 1.62. The first kappa shape index (κ1) is 11.4. The number of alkyl halides is 1. The van der Waals surface area contributed by atoms with Crippen molar-refractivity contribution >= 4 is 15.9 Å². The van der Waals surface area contributed by atoms with Crippen molar-refractivity contribution in [3.05, 3.63) is 58.5 Å². The first-order chi connectivity index (χ1) is 7.68. The van der Waals surface area contributed by atoms with E-state index < -0.39 is 5.67 Å². The molecule has 4 heteroatoms. The summed E-state index contributed by atoms with van der Waals surface area (Å²) in [4.78, 5) is 0. The van der Waals surface area contributed by atoms with Gasteiger partial charge in [0.05, 0.1) is 10.7 Å². The molecule has 2 aromatic rings. The maximum atomic E-state index is 14.8. The van der Waals surface area contributed by atoms with E-state index in [4.69, 9.17) is 10.2 Å². The second-order valence-electron chi connectivity index (χ2n) is 3.47. The van der Waals surface area contributed by atoms with Crippen LogP contribution in [0.25, 0.3) is 0 Å². The molecule has 0 spiro atoms. The van der Waals surface area contributed by atoms with E-state index in [-0.39, 0.29) is 12.3 Å². The van der Waals surface area contributed by atoms with Crippen molar-refractivity contribution in [3.8, 4) is 0 Å². The molecule has 84 valence electrons. The van der Waals surface area contributed by atoms with Crippen LogP contribution in [0.2, 0.25) is 0 Å². The van der Waals surface area contributed by atoms with Crippen LogP contribution in [0, 0.1) is 0 Å². The van der Waals surface area contributed by atoms with Gasteiger partial charge in [-0.1, -0.05) is 30.3 Å². The van der Waals surface area contributed by atoms with Crippen LogP contribution in [0.3, 0.4) is 0 Å². The third kappa shape index (κ3) is 1.79. The lowest BCUT2D eigenvalue weighted by Gasteiger charge is -2.22. The molecule has 0 saturated carbocycles. The van der Waals surface area contributed by atoms with Crippen LogP contribution in [-0.4, -0.2) is 6.54 Å². The molecule has 0 saturated heterocycles. The maximum Gasteiger partial charge on any atom is 0.206 e. The molecule has 0 aliphatic heterocycles. The molecular formula is C12H11BrFNO. The van der Waals surface area contributed by atoms with Gasteiger partial charge in [0.1, 0.15) is 0 Å². The Morgan fingerprint density at radius 2 is 1.94 bits per heavy atom. The van der Waals surface area contributed by atoms with Crippen LogP contribution in [0.4, 0.5) is 4.39 Å². The summed E-state index contributed by atoms with van der Waals surface area (Å²) in [7, 11) is 0. The Balaban J connectivity index is 2.53. The quantitative estimate of drug-likeness (QED) is 0.940. The van der Waals surface area contributed by atoms with E-state index in [1.165, 1.54) is 6.26 Å². The minimum atomic E-state index is -1.79. The van der Waals surface area contributed by atoms with Gasteiger partial charge in [-0.15, -0.1) is 0 Å². The van der Waals surface area contributed by atoms with Gasteiger partial charge in [-0.3, -0.25) is 0 Å². The Hall–Kier alpha value is -1.13. The van der Waals surface area contributed by atoms with Gasteiger partial charge in [-0.25, -0.2) is 4.39 Å². The molecule has 2 nitrogen and oxygen atoms in total. The Morgan fingerprint density at radius 3 is 2.44 bits per heavy atom. The monoisotopic (exact) mass is 283 g/mol. The fraction of sp³-hybridized carbons (Fsp3) is 0.167. The van der Waals surface area contributed by atoms with Crippen LogP contribution >= 0.6 is 15.9 Å². The number of hydrogen-bond acceptors (Lipinski definition) is 2. The standard InChI is InChI=1S/C12H11BrFNO/c13-10-6-7-16-11(10)12(14,8-15)9-4-2-1-3-5-9/h1-7H,8,15H2. The third-order valence-electron chi connectivity index (χ3n) is 2.49. The zero-order valence-electron chi connectivity index (χ0n) is 8.49. The van der Waals surface area contributed by atoms with Crippen molar-refractivity contribution in [1.82, 2.24) is 0 Å². The van der Waals surface area contributed by atoms with E-state index in [0.717, 1.165) is 0 Å². The molecule has 16 heavy (non-hydrogen) atoms. The van der Waals surface area contributed by atoms with Gasteiger partial charge in [0.2, 0.25) is 5.67 Å². The molecule has 0 radical (unpaired) electrons. The van der Waals surface area contributed by atoms with E-state index in [1.807, 2.05) is 6.07 Å². The smallest absolute Gasteiger partial charge is 0.206 e. The lowest BCUT2D eigenvalue weighted by atomic mass is 9.93. The minimum absolute atomic E-state index is 0.164. The van der Waals surface area contributed by atoms with E-state index in [9.17, 15) is 4.39 Å². The van der Waals surface area contributed by atoms with Crippen molar-refractivity contribution in [2.24, 2.45) is 5.73 Å². The van der Waals surface area contributed by atoms with Crippen LogP contribution in [0.15, 0.2) is 51.6 Å². The van der Waals surface area contributed by atoms with Gasteiger partial charge >= 0.3 is 0 Å². The van der Waals surface area contributed by atoms with Crippen LogP contribution < -0.4 is 5.73 Å². The summed E-state index contributed by atoms with van der Waals surface area (Å²) in [6, 6.07) is 10.4. The van der Waals surface area contributed by atoms with Crippen molar-refractivity contribution in [3.63, 3.8) is 0 Å². The van der Waals surface area contributed by atoms with Crippen molar-refractivity contribution in [2.45, 2.75) is 5.67 Å². The summed E-state index contributed by atoms with van der Waals surface area (Å²) in [6.45, 7) is -0.164. The van der Waals surface area contributed by atoms with Crippen LogP contribution in [0.1, 0.15) is 11.3 Å². The van der Waals surface area contributed by atoms with Crippen molar-refractivity contribution < 1.29 is 8.81 Å². The molecule has 0 amide bonds. The highest BCUT2D eigenvalue weighted by Gasteiger charge is 2.37. The predicted octanol–water partition coefficient (Wildman–Crippen LogP) is 3.21. The summed E-state index contributed by atoms with van der Waals surface area (Å²) >= 11 is 3.25. The molecule has 1 aromatic heterocycles. The van der Waals surface area contributed by atoms with Crippen molar-refractivity contribution in [1.29, 1.82) is 0 Å². The molecule has 1 heterocycles. The van der Waals surface area contributed by atoms with E-state index in [2.05, 4.69) is 15.9 Å². The molecular weight excluding hydrogens is 273 g/mol. The lowest BCUT2D eigenvalue weighted by Crippen LogP contribution is -2.31. The number of halogens is 2. The largest absolute Gasteiger partial charge is 0.464 e. The molecule has 0 bridgehead atoms. The first-order valence-corrected chi connectivity index (χ1v) is 5.66. The highest BCUT2D eigenvalue weighted by atomic mass is 79.9. The average molecular weight is 284 g/mol. The molecule has 0 fully saturated rings. The predicted molar refractivity (Wildman–Crippen MR) is 63.8 cm³/mol. The van der Waals surface area contributed by atoms with Crippen molar-refractivity contribution in [2.75, 3.05) is 6.54 Å². The Morgan fingerprint density at radius 1 is 1.25 bits per heavy atom. The minimum Gasteiger partial charge on any atom is -0.464 e. The van der Waals surface area contributed by atoms with Gasteiger partial charge in [-0.2, -0.15) is 0 Å². The molecule has 2 N–H and O–H groups in total. The molecule has 0 aliphatic rings. The van der Waals surface area contributed by atoms with E-state index >= 15 is 0 Å². The summed E-state index contributed by atoms with van der Waals surface area (Å²) in [5.74, 6) is 0.209. The highest BCUT2D eigenvalue weighted by Crippen LogP contribution is 2.37. The summed E-state index contributed by atoms with van der Waals surface area (Å²) in [6.07, 6.45) is 1.44.